The maximum atomic E-state index is 12.9. The van der Waals surface area contributed by atoms with Gasteiger partial charge in [-0.1, -0.05) is 12.1 Å². The molecule has 0 radical (unpaired) electrons. The molecule has 1 heterocycles. The summed E-state index contributed by atoms with van der Waals surface area (Å²) in [4.78, 5) is 15.1. The number of rotatable bonds is 6. The van der Waals surface area contributed by atoms with Crippen LogP contribution in [-0.2, 0) is 11.4 Å². The summed E-state index contributed by atoms with van der Waals surface area (Å²) in [5.74, 6) is 0.340. The molecule has 1 unspecified atom stereocenters. The number of carbonyl (C=O) groups is 1. The molecular formula is C19H20FNO3S. The molecule has 6 heteroatoms. The van der Waals surface area contributed by atoms with E-state index in [-0.39, 0.29) is 24.9 Å². The minimum Gasteiger partial charge on any atom is -0.484 e. The maximum absolute atomic E-state index is 12.9. The number of nitrogens with zero attached hydrogens (tertiary/aromatic N) is 1. The fourth-order valence-electron chi connectivity index (χ4n) is 2.68. The number of ether oxygens (including phenoxy) is 1. The van der Waals surface area contributed by atoms with Gasteiger partial charge in [-0.3, -0.25) is 4.79 Å². The number of aliphatic hydroxyl groups is 1. The summed E-state index contributed by atoms with van der Waals surface area (Å²) in [6, 6.07) is 13.5. The Hall–Kier alpha value is -2.05. The first-order valence-electron chi connectivity index (χ1n) is 8.16. The highest BCUT2D eigenvalue weighted by molar-refractivity contribution is 8.00. The number of amides is 1. The minimum atomic E-state index is -0.239. The van der Waals surface area contributed by atoms with Gasteiger partial charge >= 0.3 is 0 Å². The lowest BCUT2D eigenvalue weighted by molar-refractivity contribution is -0.132. The predicted molar refractivity (Wildman–Crippen MR) is 95.1 cm³/mol. The van der Waals surface area contributed by atoms with Crippen LogP contribution in [0.2, 0.25) is 0 Å². The zero-order valence-corrected chi connectivity index (χ0v) is 14.5. The normalized spacial score (nSPS) is 16.9. The van der Waals surface area contributed by atoms with E-state index < -0.39 is 0 Å². The maximum Gasteiger partial charge on any atom is 0.260 e. The van der Waals surface area contributed by atoms with Crippen LogP contribution in [0.1, 0.15) is 12.0 Å². The molecule has 1 aliphatic heterocycles. The third-order valence-electron chi connectivity index (χ3n) is 4.08. The highest BCUT2D eigenvalue weighted by Crippen LogP contribution is 2.29. The van der Waals surface area contributed by atoms with Crippen molar-refractivity contribution in [2.75, 3.05) is 19.7 Å². The topological polar surface area (TPSA) is 49.8 Å². The molecule has 0 aromatic heterocycles. The Balaban J connectivity index is 1.46. The summed E-state index contributed by atoms with van der Waals surface area (Å²) in [5, 5.41) is 9.33. The van der Waals surface area contributed by atoms with Gasteiger partial charge in [0.2, 0.25) is 0 Å². The van der Waals surface area contributed by atoms with E-state index >= 15 is 0 Å². The van der Waals surface area contributed by atoms with Gasteiger partial charge < -0.3 is 14.7 Å². The van der Waals surface area contributed by atoms with Crippen molar-refractivity contribution in [2.24, 2.45) is 0 Å². The summed E-state index contributed by atoms with van der Waals surface area (Å²) in [7, 11) is 0. The monoisotopic (exact) mass is 361 g/mol. The quantitative estimate of drug-likeness (QED) is 0.859. The SMILES string of the molecule is O=C(COc1ccc(CO)cc1)N1CCC(Sc2ccc(F)cc2)C1. The van der Waals surface area contributed by atoms with Crippen molar-refractivity contribution in [1.82, 2.24) is 4.90 Å². The van der Waals surface area contributed by atoms with Crippen LogP contribution < -0.4 is 4.74 Å². The number of aliphatic hydroxyl groups excluding tert-OH is 1. The summed E-state index contributed by atoms with van der Waals surface area (Å²) in [6.45, 7) is 1.38. The standard InChI is InChI=1S/C19H20FNO3S/c20-15-3-7-17(8-4-15)25-18-9-10-21(11-18)19(23)13-24-16-5-1-14(12-22)2-6-16/h1-8,18,22H,9-13H2. The Morgan fingerprint density at radius 2 is 1.92 bits per heavy atom. The average molecular weight is 361 g/mol. The van der Waals surface area contributed by atoms with Gasteiger partial charge in [-0.2, -0.15) is 0 Å². The molecule has 1 N–H and O–H groups in total. The zero-order valence-electron chi connectivity index (χ0n) is 13.7. The summed E-state index contributed by atoms with van der Waals surface area (Å²) in [6.07, 6.45) is 0.916. The molecule has 132 valence electrons. The highest BCUT2D eigenvalue weighted by Gasteiger charge is 2.27. The molecule has 1 saturated heterocycles. The predicted octanol–water partition coefficient (Wildman–Crippen LogP) is 3.09. The van der Waals surface area contributed by atoms with Gasteiger partial charge in [0.25, 0.3) is 5.91 Å². The molecule has 0 bridgehead atoms. The minimum absolute atomic E-state index is 0.00636. The van der Waals surface area contributed by atoms with Crippen molar-refractivity contribution in [3.05, 3.63) is 59.9 Å². The van der Waals surface area contributed by atoms with Gasteiger partial charge in [0.15, 0.2) is 6.61 Å². The number of hydrogen-bond acceptors (Lipinski definition) is 4. The van der Waals surface area contributed by atoms with Gasteiger partial charge in [-0.15, -0.1) is 11.8 Å². The molecule has 4 nitrogen and oxygen atoms in total. The largest absolute Gasteiger partial charge is 0.484 e. The second-order valence-electron chi connectivity index (χ2n) is 5.91. The number of thioether (sulfide) groups is 1. The molecule has 0 aliphatic carbocycles. The molecule has 0 saturated carbocycles. The van der Waals surface area contributed by atoms with Crippen LogP contribution in [-0.4, -0.2) is 40.9 Å². The van der Waals surface area contributed by atoms with Gasteiger partial charge in [-0.05, 0) is 48.4 Å². The number of hydrogen-bond donors (Lipinski definition) is 1. The first-order valence-corrected chi connectivity index (χ1v) is 9.04. The molecule has 25 heavy (non-hydrogen) atoms. The smallest absolute Gasteiger partial charge is 0.260 e. The van der Waals surface area contributed by atoms with E-state index in [4.69, 9.17) is 9.84 Å². The van der Waals surface area contributed by atoms with Gasteiger partial charge in [-0.25, -0.2) is 4.39 Å². The molecule has 1 amide bonds. The lowest BCUT2D eigenvalue weighted by atomic mass is 10.2. The zero-order chi connectivity index (χ0) is 17.6. The van der Waals surface area contributed by atoms with E-state index in [9.17, 15) is 9.18 Å². The van der Waals surface area contributed by atoms with Crippen LogP contribution in [0.4, 0.5) is 4.39 Å². The van der Waals surface area contributed by atoms with Crippen LogP contribution >= 0.6 is 11.8 Å². The summed E-state index contributed by atoms with van der Waals surface area (Å²) >= 11 is 1.67. The van der Waals surface area contributed by atoms with Crippen molar-refractivity contribution in [3.63, 3.8) is 0 Å². The highest BCUT2D eigenvalue weighted by atomic mass is 32.2. The van der Waals surface area contributed by atoms with E-state index in [0.29, 0.717) is 24.1 Å². The molecule has 0 spiro atoms. The van der Waals surface area contributed by atoms with E-state index in [1.165, 1.54) is 12.1 Å². The van der Waals surface area contributed by atoms with Gasteiger partial charge in [0.05, 0.1) is 6.61 Å². The molecule has 1 fully saturated rings. The number of likely N-dealkylation sites (tertiary alicyclic amines) is 1. The number of carbonyl (C=O) groups excluding carboxylic acids is 1. The van der Waals surface area contributed by atoms with Crippen LogP contribution in [0, 0.1) is 5.82 Å². The Bertz CT molecular complexity index is 706. The Morgan fingerprint density at radius 1 is 1.20 bits per heavy atom. The van der Waals surface area contributed by atoms with Crippen LogP contribution in [0.25, 0.3) is 0 Å². The molecule has 2 aromatic carbocycles. The van der Waals surface area contributed by atoms with Crippen molar-refractivity contribution < 1.29 is 19.0 Å². The Labute approximate surface area is 150 Å². The van der Waals surface area contributed by atoms with Crippen molar-refractivity contribution in [3.8, 4) is 5.75 Å². The van der Waals surface area contributed by atoms with Gasteiger partial charge in [0.1, 0.15) is 11.6 Å². The van der Waals surface area contributed by atoms with Crippen LogP contribution in [0.3, 0.4) is 0 Å². The van der Waals surface area contributed by atoms with Crippen molar-refractivity contribution >= 4 is 17.7 Å². The first kappa shape index (κ1) is 17.8. The van der Waals surface area contributed by atoms with Crippen LogP contribution in [0.5, 0.6) is 5.75 Å². The van der Waals surface area contributed by atoms with Crippen molar-refractivity contribution in [2.45, 2.75) is 23.2 Å². The fraction of sp³-hybridized carbons (Fsp3) is 0.316. The van der Waals surface area contributed by atoms with E-state index in [1.807, 2.05) is 4.90 Å². The second-order valence-corrected chi connectivity index (χ2v) is 7.29. The average Bonchev–Trinajstić information content (AvgIpc) is 3.10. The third kappa shape index (κ3) is 4.96. The Kier molecular flexibility index (Phi) is 5.94. The molecular weight excluding hydrogens is 341 g/mol. The van der Waals surface area contributed by atoms with Crippen LogP contribution in [0.15, 0.2) is 53.4 Å². The molecule has 1 atom stereocenters. The second kappa shape index (κ2) is 8.36. The van der Waals surface area contributed by atoms with Gasteiger partial charge in [0, 0.05) is 23.2 Å². The van der Waals surface area contributed by atoms with E-state index in [0.717, 1.165) is 16.9 Å². The summed E-state index contributed by atoms with van der Waals surface area (Å²) < 4.78 is 18.5. The lowest BCUT2D eigenvalue weighted by Gasteiger charge is -2.17. The fourth-order valence-corrected chi connectivity index (χ4v) is 3.84. The molecule has 3 rings (SSSR count). The summed E-state index contributed by atoms with van der Waals surface area (Å²) in [5.41, 5.74) is 0.805. The third-order valence-corrected chi connectivity index (χ3v) is 5.34. The van der Waals surface area contributed by atoms with E-state index in [1.54, 1.807) is 48.2 Å². The molecule has 1 aliphatic rings. The van der Waals surface area contributed by atoms with Crippen molar-refractivity contribution in [1.29, 1.82) is 0 Å². The number of halogens is 1. The lowest BCUT2D eigenvalue weighted by Crippen LogP contribution is -2.33. The van der Waals surface area contributed by atoms with E-state index in [2.05, 4.69) is 0 Å². The molecule has 2 aromatic rings. The first-order chi connectivity index (χ1) is 12.1. The number of benzene rings is 2. The Morgan fingerprint density at radius 3 is 2.60 bits per heavy atom.